The smallest absolute Gasteiger partial charge is 0.271 e. The average molecular weight is 329 g/mol. The van der Waals surface area contributed by atoms with Crippen LogP contribution < -0.4 is 15.4 Å². The molecule has 1 amide bonds. The fourth-order valence-corrected chi connectivity index (χ4v) is 2.18. The minimum atomic E-state index is -0.532. The monoisotopic (exact) mass is 329 g/mol. The first kappa shape index (κ1) is 17.3. The minimum absolute atomic E-state index is 0.120. The van der Waals surface area contributed by atoms with E-state index in [1.807, 2.05) is 31.2 Å². The Bertz CT molecular complexity index is 761. The molecular weight excluding hydrogens is 310 g/mol. The van der Waals surface area contributed by atoms with Crippen LogP contribution in [-0.4, -0.2) is 24.0 Å². The number of rotatable bonds is 6. The Morgan fingerprint density at radius 2 is 1.92 bits per heavy atom. The van der Waals surface area contributed by atoms with Crippen LogP contribution >= 0.6 is 0 Å². The Labute approximate surface area is 139 Å². The predicted octanol–water partition coefficient (Wildman–Crippen LogP) is 3.35. The molecule has 24 heavy (non-hydrogen) atoms. The summed E-state index contributed by atoms with van der Waals surface area (Å²) in [7, 11) is 1.44. The van der Waals surface area contributed by atoms with Crippen LogP contribution in [0.4, 0.5) is 17.1 Å². The number of nitro benzene ring substituents is 1. The van der Waals surface area contributed by atoms with E-state index in [9.17, 15) is 14.9 Å². The van der Waals surface area contributed by atoms with Gasteiger partial charge in [0.25, 0.3) is 5.69 Å². The van der Waals surface area contributed by atoms with Crippen LogP contribution in [-0.2, 0) is 4.79 Å². The maximum Gasteiger partial charge on any atom is 0.271 e. The van der Waals surface area contributed by atoms with Crippen molar-refractivity contribution >= 4 is 23.0 Å². The standard InChI is InChI=1S/C17H19N3O4/c1-11-6-4-5-7-14(11)18-12(2)17(21)19-15-10-13(20(22)23)8-9-16(15)24-3/h4-10,12,18H,1-3H3,(H,19,21)/t12-/m0/s1. The molecule has 2 aromatic carbocycles. The Morgan fingerprint density at radius 3 is 2.54 bits per heavy atom. The Kier molecular flexibility index (Phi) is 5.36. The van der Waals surface area contributed by atoms with Crippen LogP contribution in [0.5, 0.6) is 5.75 Å². The molecule has 0 spiro atoms. The zero-order valence-corrected chi connectivity index (χ0v) is 13.7. The van der Waals surface area contributed by atoms with Crippen molar-refractivity contribution in [3.63, 3.8) is 0 Å². The molecule has 2 rings (SSSR count). The van der Waals surface area contributed by atoms with Gasteiger partial charge in [-0.25, -0.2) is 0 Å². The lowest BCUT2D eigenvalue weighted by atomic mass is 10.1. The fourth-order valence-electron chi connectivity index (χ4n) is 2.18. The lowest BCUT2D eigenvalue weighted by molar-refractivity contribution is -0.384. The van der Waals surface area contributed by atoms with Crippen LogP contribution in [0.1, 0.15) is 12.5 Å². The molecule has 0 heterocycles. The number of aryl methyl sites for hydroxylation is 1. The fraction of sp³-hybridized carbons (Fsp3) is 0.235. The Hall–Kier alpha value is -3.09. The number of hydrogen-bond acceptors (Lipinski definition) is 5. The van der Waals surface area contributed by atoms with E-state index in [2.05, 4.69) is 10.6 Å². The van der Waals surface area contributed by atoms with Crippen molar-refractivity contribution in [2.24, 2.45) is 0 Å². The van der Waals surface area contributed by atoms with E-state index in [0.717, 1.165) is 11.3 Å². The number of non-ortho nitro benzene ring substituents is 1. The molecule has 126 valence electrons. The topological polar surface area (TPSA) is 93.5 Å². The molecule has 0 bridgehead atoms. The second-order valence-electron chi connectivity index (χ2n) is 5.31. The minimum Gasteiger partial charge on any atom is -0.495 e. The second-order valence-corrected chi connectivity index (χ2v) is 5.31. The van der Waals surface area contributed by atoms with Gasteiger partial charge in [0.2, 0.25) is 5.91 Å². The summed E-state index contributed by atoms with van der Waals surface area (Å²) < 4.78 is 5.14. The number of benzene rings is 2. The highest BCUT2D eigenvalue weighted by Crippen LogP contribution is 2.29. The normalized spacial score (nSPS) is 11.5. The lowest BCUT2D eigenvalue weighted by Crippen LogP contribution is -2.32. The van der Waals surface area contributed by atoms with Gasteiger partial charge in [0.05, 0.1) is 17.7 Å². The number of para-hydroxylation sites is 1. The van der Waals surface area contributed by atoms with Gasteiger partial charge in [-0.2, -0.15) is 0 Å². The summed E-state index contributed by atoms with van der Waals surface area (Å²) >= 11 is 0. The molecule has 1 atom stereocenters. The third-order valence-electron chi connectivity index (χ3n) is 3.56. The van der Waals surface area contributed by atoms with Crippen LogP contribution in [0, 0.1) is 17.0 Å². The number of carbonyl (C=O) groups excluding carboxylic acids is 1. The SMILES string of the molecule is COc1ccc([N+](=O)[O-])cc1NC(=O)[C@H](C)Nc1ccccc1C. The van der Waals surface area contributed by atoms with Gasteiger partial charge in [-0.05, 0) is 31.5 Å². The highest BCUT2D eigenvalue weighted by atomic mass is 16.6. The zero-order chi connectivity index (χ0) is 17.7. The van der Waals surface area contributed by atoms with Crippen molar-refractivity contribution in [3.8, 4) is 5.75 Å². The number of ether oxygens (including phenoxy) is 1. The number of anilines is 2. The molecule has 0 unspecified atom stereocenters. The lowest BCUT2D eigenvalue weighted by Gasteiger charge is -2.17. The summed E-state index contributed by atoms with van der Waals surface area (Å²) in [5, 5.41) is 16.7. The van der Waals surface area contributed by atoms with Gasteiger partial charge in [-0.1, -0.05) is 18.2 Å². The van der Waals surface area contributed by atoms with E-state index in [-0.39, 0.29) is 17.3 Å². The van der Waals surface area contributed by atoms with Gasteiger partial charge in [0.1, 0.15) is 11.8 Å². The molecule has 7 heteroatoms. The number of hydrogen-bond donors (Lipinski definition) is 2. The molecular formula is C17H19N3O4. The quantitative estimate of drug-likeness (QED) is 0.626. The molecule has 0 radical (unpaired) electrons. The number of nitrogens with one attached hydrogen (secondary N) is 2. The van der Waals surface area contributed by atoms with Crippen molar-refractivity contribution in [1.82, 2.24) is 0 Å². The van der Waals surface area contributed by atoms with Gasteiger partial charge in [0.15, 0.2) is 0 Å². The number of methoxy groups -OCH3 is 1. The Balaban J connectivity index is 2.15. The van der Waals surface area contributed by atoms with E-state index in [1.165, 1.54) is 25.3 Å². The summed E-state index contributed by atoms with van der Waals surface area (Å²) in [5.41, 5.74) is 2.01. The number of nitro groups is 1. The van der Waals surface area contributed by atoms with Crippen molar-refractivity contribution in [2.75, 3.05) is 17.7 Å². The van der Waals surface area contributed by atoms with E-state index in [4.69, 9.17) is 4.74 Å². The molecule has 0 saturated heterocycles. The molecule has 7 nitrogen and oxygen atoms in total. The molecule has 2 N–H and O–H groups in total. The van der Waals surface area contributed by atoms with E-state index in [1.54, 1.807) is 6.92 Å². The van der Waals surface area contributed by atoms with Gasteiger partial charge in [0, 0.05) is 17.8 Å². The molecule has 0 fully saturated rings. The van der Waals surface area contributed by atoms with E-state index >= 15 is 0 Å². The van der Waals surface area contributed by atoms with Crippen LogP contribution in [0.3, 0.4) is 0 Å². The van der Waals surface area contributed by atoms with Crippen molar-refractivity contribution < 1.29 is 14.5 Å². The maximum absolute atomic E-state index is 12.4. The summed E-state index contributed by atoms with van der Waals surface area (Å²) in [4.78, 5) is 22.7. The van der Waals surface area contributed by atoms with Crippen molar-refractivity contribution in [1.29, 1.82) is 0 Å². The first-order chi connectivity index (χ1) is 11.4. The van der Waals surface area contributed by atoms with Crippen LogP contribution in [0.15, 0.2) is 42.5 Å². The van der Waals surface area contributed by atoms with Crippen LogP contribution in [0.25, 0.3) is 0 Å². The molecule has 0 saturated carbocycles. The largest absolute Gasteiger partial charge is 0.495 e. The summed E-state index contributed by atoms with van der Waals surface area (Å²) in [5.74, 6) is 0.0362. The van der Waals surface area contributed by atoms with Gasteiger partial charge >= 0.3 is 0 Å². The highest BCUT2D eigenvalue weighted by molar-refractivity contribution is 5.97. The Morgan fingerprint density at radius 1 is 1.21 bits per heavy atom. The maximum atomic E-state index is 12.4. The molecule has 0 aliphatic heterocycles. The van der Waals surface area contributed by atoms with Gasteiger partial charge in [-0.3, -0.25) is 14.9 Å². The molecule has 0 aliphatic rings. The summed E-state index contributed by atoms with van der Waals surface area (Å²) in [6.07, 6.45) is 0. The van der Waals surface area contributed by atoms with Crippen molar-refractivity contribution in [3.05, 3.63) is 58.1 Å². The third kappa shape index (κ3) is 4.01. The van der Waals surface area contributed by atoms with E-state index < -0.39 is 11.0 Å². The van der Waals surface area contributed by atoms with Crippen molar-refractivity contribution in [2.45, 2.75) is 19.9 Å². The predicted molar refractivity (Wildman–Crippen MR) is 92.5 cm³/mol. The average Bonchev–Trinajstić information content (AvgIpc) is 2.56. The molecule has 2 aromatic rings. The summed E-state index contributed by atoms with van der Waals surface area (Å²) in [6, 6.07) is 11.1. The highest BCUT2D eigenvalue weighted by Gasteiger charge is 2.18. The number of carbonyl (C=O) groups is 1. The first-order valence-corrected chi connectivity index (χ1v) is 7.38. The number of nitrogens with zero attached hydrogens (tertiary/aromatic N) is 1. The van der Waals surface area contributed by atoms with Gasteiger partial charge in [-0.15, -0.1) is 0 Å². The zero-order valence-electron chi connectivity index (χ0n) is 13.7. The molecule has 0 aromatic heterocycles. The molecule has 0 aliphatic carbocycles. The number of amides is 1. The van der Waals surface area contributed by atoms with Gasteiger partial charge < -0.3 is 15.4 Å². The van der Waals surface area contributed by atoms with Crippen LogP contribution in [0.2, 0.25) is 0 Å². The third-order valence-corrected chi connectivity index (χ3v) is 3.56. The first-order valence-electron chi connectivity index (χ1n) is 7.38. The second kappa shape index (κ2) is 7.45. The van der Waals surface area contributed by atoms with E-state index in [0.29, 0.717) is 5.75 Å². The summed E-state index contributed by atoms with van der Waals surface area (Å²) in [6.45, 7) is 3.65.